The zero-order valence-electron chi connectivity index (χ0n) is 12.9. The summed E-state index contributed by atoms with van der Waals surface area (Å²) in [5.41, 5.74) is 0.456. The molecular weight excluding hydrogens is 287 g/mol. The van der Waals surface area contributed by atoms with Crippen LogP contribution in [0.25, 0.3) is 0 Å². The molecule has 0 bridgehead atoms. The van der Waals surface area contributed by atoms with E-state index >= 15 is 0 Å². The molecule has 1 aliphatic heterocycles. The van der Waals surface area contributed by atoms with E-state index in [1.807, 2.05) is 45.9 Å². The number of hydrogen-bond acceptors (Lipinski definition) is 5. The summed E-state index contributed by atoms with van der Waals surface area (Å²) in [6, 6.07) is 7.31. The molecule has 1 saturated heterocycles. The van der Waals surface area contributed by atoms with Crippen molar-refractivity contribution in [3.05, 3.63) is 29.8 Å². The second kappa shape index (κ2) is 5.93. The van der Waals surface area contributed by atoms with E-state index in [-0.39, 0.29) is 5.75 Å². The molecule has 0 radical (unpaired) electrons. The standard InChI is InChI=1S/C15H23BO4S/c1-14(2)15(3,4)20-16(19-14)11-8-6-5-7-10(11)13(18)12(17)9-21/h5-8,12-13,17-18,21H,9H2,1-4H3. The Bertz CT molecular complexity index is 490. The fraction of sp³-hybridized carbons (Fsp3) is 0.600. The summed E-state index contributed by atoms with van der Waals surface area (Å²) in [4.78, 5) is 0. The van der Waals surface area contributed by atoms with Gasteiger partial charge in [-0.15, -0.1) is 0 Å². The van der Waals surface area contributed by atoms with Gasteiger partial charge in [0.15, 0.2) is 0 Å². The largest absolute Gasteiger partial charge is 0.495 e. The van der Waals surface area contributed by atoms with Crippen molar-refractivity contribution in [3.8, 4) is 0 Å². The molecule has 2 unspecified atom stereocenters. The number of hydrogen-bond donors (Lipinski definition) is 3. The van der Waals surface area contributed by atoms with Gasteiger partial charge in [0, 0.05) is 5.75 Å². The highest BCUT2D eigenvalue weighted by Crippen LogP contribution is 2.37. The molecule has 0 saturated carbocycles. The molecule has 1 aliphatic rings. The maximum atomic E-state index is 10.3. The third-order valence-corrected chi connectivity index (χ3v) is 4.75. The van der Waals surface area contributed by atoms with Gasteiger partial charge in [-0.1, -0.05) is 24.3 Å². The van der Waals surface area contributed by atoms with Crippen LogP contribution in [0.3, 0.4) is 0 Å². The second-order valence-corrected chi connectivity index (χ2v) is 6.78. The van der Waals surface area contributed by atoms with Gasteiger partial charge in [0.25, 0.3) is 0 Å². The zero-order chi connectivity index (χ0) is 15.8. The topological polar surface area (TPSA) is 58.9 Å². The molecule has 21 heavy (non-hydrogen) atoms. The van der Waals surface area contributed by atoms with Crippen LogP contribution in [0.1, 0.15) is 39.4 Å². The van der Waals surface area contributed by atoms with Crippen LogP contribution in [-0.4, -0.2) is 40.4 Å². The maximum absolute atomic E-state index is 10.3. The molecule has 2 rings (SSSR count). The molecular formula is C15H23BO4S. The number of rotatable bonds is 4. The molecule has 2 N–H and O–H groups in total. The highest BCUT2D eigenvalue weighted by molar-refractivity contribution is 7.80. The van der Waals surface area contributed by atoms with Gasteiger partial charge in [0.1, 0.15) is 6.10 Å². The molecule has 1 heterocycles. The summed E-state index contributed by atoms with van der Waals surface area (Å²) < 4.78 is 12.0. The Kier molecular flexibility index (Phi) is 4.76. The average molecular weight is 310 g/mol. The van der Waals surface area contributed by atoms with Crippen molar-refractivity contribution in [1.29, 1.82) is 0 Å². The lowest BCUT2D eigenvalue weighted by atomic mass is 9.74. The van der Waals surface area contributed by atoms with Crippen LogP contribution < -0.4 is 5.46 Å². The van der Waals surface area contributed by atoms with Crippen LogP contribution in [0.4, 0.5) is 0 Å². The predicted octanol–water partition coefficient (Wildman–Crippen LogP) is 1.31. The summed E-state index contributed by atoms with van der Waals surface area (Å²) in [5.74, 6) is 0.179. The summed E-state index contributed by atoms with van der Waals surface area (Å²) in [5, 5.41) is 20.1. The van der Waals surface area contributed by atoms with E-state index in [1.54, 1.807) is 6.07 Å². The Morgan fingerprint density at radius 1 is 1.10 bits per heavy atom. The van der Waals surface area contributed by atoms with Gasteiger partial charge in [0.05, 0.1) is 17.3 Å². The molecule has 6 heteroatoms. The third-order valence-electron chi connectivity index (χ3n) is 4.37. The summed E-state index contributed by atoms with van der Waals surface area (Å²) >= 11 is 4.03. The van der Waals surface area contributed by atoms with Crippen LogP contribution in [0.5, 0.6) is 0 Å². The van der Waals surface area contributed by atoms with Crippen molar-refractivity contribution < 1.29 is 19.5 Å². The molecule has 0 amide bonds. The summed E-state index contributed by atoms with van der Waals surface area (Å²) in [6.07, 6.45) is -1.95. The lowest BCUT2D eigenvalue weighted by Crippen LogP contribution is -2.41. The molecule has 0 spiro atoms. The van der Waals surface area contributed by atoms with Gasteiger partial charge >= 0.3 is 7.12 Å². The number of thiol groups is 1. The van der Waals surface area contributed by atoms with E-state index in [9.17, 15) is 10.2 Å². The lowest BCUT2D eigenvalue weighted by molar-refractivity contribution is 0.00578. The lowest BCUT2D eigenvalue weighted by Gasteiger charge is -2.32. The van der Waals surface area contributed by atoms with E-state index in [0.717, 1.165) is 5.46 Å². The first-order valence-electron chi connectivity index (χ1n) is 7.11. The first kappa shape index (κ1) is 16.8. The van der Waals surface area contributed by atoms with E-state index in [1.165, 1.54) is 0 Å². The van der Waals surface area contributed by atoms with Crippen molar-refractivity contribution in [2.75, 3.05) is 5.75 Å². The maximum Gasteiger partial charge on any atom is 0.495 e. The molecule has 1 aromatic rings. The number of aliphatic hydroxyl groups is 2. The van der Waals surface area contributed by atoms with Crippen molar-refractivity contribution in [2.45, 2.75) is 51.1 Å². The highest BCUT2D eigenvalue weighted by atomic mass is 32.1. The molecule has 0 aliphatic carbocycles. The average Bonchev–Trinajstić information content (AvgIpc) is 2.65. The van der Waals surface area contributed by atoms with Gasteiger partial charge in [-0.05, 0) is 38.7 Å². The van der Waals surface area contributed by atoms with Crippen LogP contribution in [-0.2, 0) is 9.31 Å². The third kappa shape index (κ3) is 3.15. The zero-order valence-corrected chi connectivity index (χ0v) is 13.8. The molecule has 1 aromatic carbocycles. The fourth-order valence-corrected chi connectivity index (χ4v) is 2.47. The van der Waals surface area contributed by atoms with E-state index in [2.05, 4.69) is 12.6 Å². The van der Waals surface area contributed by atoms with Crippen molar-refractivity contribution >= 4 is 25.2 Å². The van der Waals surface area contributed by atoms with Gasteiger partial charge in [0.2, 0.25) is 0 Å². The molecule has 0 aromatic heterocycles. The van der Waals surface area contributed by atoms with Crippen molar-refractivity contribution in [3.63, 3.8) is 0 Å². The molecule has 1 fully saturated rings. The van der Waals surface area contributed by atoms with Crippen LogP contribution in [0.2, 0.25) is 0 Å². The molecule has 4 nitrogen and oxygen atoms in total. The second-order valence-electron chi connectivity index (χ2n) is 6.41. The van der Waals surface area contributed by atoms with Crippen LogP contribution >= 0.6 is 12.6 Å². The van der Waals surface area contributed by atoms with Crippen LogP contribution in [0.15, 0.2) is 24.3 Å². The van der Waals surface area contributed by atoms with Gasteiger partial charge in [-0.2, -0.15) is 12.6 Å². The van der Waals surface area contributed by atoms with Gasteiger partial charge in [-0.3, -0.25) is 0 Å². The summed E-state index contributed by atoms with van der Waals surface area (Å²) in [6.45, 7) is 7.92. The van der Waals surface area contributed by atoms with E-state index in [0.29, 0.717) is 5.56 Å². The van der Waals surface area contributed by atoms with Crippen molar-refractivity contribution in [1.82, 2.24) is 0 Å². The van der Waals surface area contributed by atoms with Gasteiger partial charge in [-0.25, -0.2) is 0 Å². The minimum Gasteiger partial charge on any atom is -0.399 e. The quantitative estimate of drug-likeness (QED) is 0.580. The van der Waals surface area contributed by atoms with Crippen molar-refractivity contribution in [2.24, 2.45) is 0 Å². The highest BCUT2D eigenvalue weighted by Gasteiger charge is 2.52. The van der Waals surface area contributed by atoms with Crippen LogP contribution in [0, 0.1) is 0 Å². The first-order valence-corrected chi connectivity index (χ1v) is 7.74. The fourth-order valence-electron chi connectivity index (χ4n) is 2.27. The Labute approximate surface area is 132 Å². The van der Waals surface area contributed by atoms with E-state index < -0.39 is 30.5 Å². The monoisotopic (exact) mass is 310 g/mol. The SMILES string of the molecule is CC1(C)OB(c2ccccc2C(O)C(O)CS)OC1(C)C. The Hall–Kier alpha value is -0.525. The molecule has 2 atom stereocenters. The Morgan fingerprint density at radius 2 is 1.62 bits per heavy atom. The molecule has 116 valence electrons. The number of aliphatic hydroxyl groups excluding tert-OH is 2. The number of benzene rings is 1. The normalized spacial score (nSPS) is 23.1. The first-order chi connectivity index (χ1) is 9.69. The Balaban J connectivity index is 2.34. The smallest absolute Gasteiger partial charge is 0.399 e. The van der Waals surface area contributed by atoms with Gasteiger partial charge < -0.3 is 19.5 Å². The minimum absolute atomic E-state index is 0.179. The predicted molar refractivity (Wildman–Crippen MR) is 87.0 cm³/mol. The Morgan fingerprint density at radius 3 is 2.14 bits per heavy atom. The summed E-state index contributed by atoms with van der Waals surface area (Å²) in [7, 11) is -0.562. The van der Waals surface area contributed by atoms with E-state index in [4.69, 9.17) is 9.31 Å². The minimum atomic E-state index is -1.02.